The quantitative estimate of drug-likeness (QED) is 0.451. The average molecular weight is 415 g/mol. The first-order valence-corrected chi connectivity index (χ1v) is 24.4. The van der Waals surface area contributed by atoms with Crippen LogP contribution in [0.15, 0.2) is 11.3 Å². The summed E-state index contributed by atoms with van der Waals surface area (Å²) in [6.07, 6.45) is 2.66. The molecular weight excluding hydrogens is 369 g/mol. The van der Waals surface area contributed by atoms with Crippen molar-refractivity contribution < 1.29 is 4.43 Å². The van der Waals surface area contributed by atoms with E-state index in [4.69, 9.17) is 4.43 Å². The van der Waals surface area contributed by atoms with E-state index in [9.17, 15) is 0 Å². The third kappa shape index (κ3) is 3.53. The molecule has 148 valence electrons. The molecule has 0 aromatic carbocycles. The van der Waals surface area contributed by atoms with Gasteiger partial charge in [0, 0.05) is 15.2 Å². The second-order valence-corrected chi connectivity index (χ2v) is 44.5. The molecule has 1 rings (SSSR count). The molecule has 0 aromatic heterocycles. The van der Waals surface area contributed by atoms with E-state index in [2.05, 4.69) is 107 Å². The van der Waals surface area contributed by atoms with Gasteiger partial charge in [-0.2, -0.15) is 0 Å². The largest absolute Gasteiger partial charge is 0.411 e. The maximum atomic E-state index is 7.31. The first kappa shape index (κ1) is 23.6. The Hall–Kier alpha value is 0.568. The molecule has 1 nitrogen and oxygen atoms in total. The topological polar surface area (TPSA) is 9.23 Å². The van der Waals surface area contributed by atoms with Crippen molar-refractivity contribution in [2.24, 2.45) is 10.8 Å². The zero-order valence-electron chi connectivity index (χ0n) is 20.0. The molecule has 1 aliphatic rings. The molecule has 1 atom stereocenters. The Balaban J connectivity index is 4.03. The second kappa shape index (κ2) is 6.03. The lowest BCUT2D eigenvalue weighted by Crippen LogP contribution is -2.92. The highest BCUT2D eigenvalue weighted by Gasteiger charge is 2.77. The Labute approximate surface area is 162 Å². The lowest BCUT2D eigenvalue weighted by atomic mass is 9.84. The van der Waals surface area contributed by atoms with Crippen LogP contribution >= 0.6 is 0 Å². The molecule has 1 aliphatic heterocycles. The van der Waals surface area contributed by atoms with Crippen molar-refractivity contribution >= 4 is 30.6 Å². The van der Waals surface area contributed by atoms with E-state index in [1.807, 2.05) is 5.20 Å². The van der Waals surface area contributed by atoms with Crippen LogP contribution in [0.2, 0.25) is 58.9 Å². The SMILES string of the molecule is CC(C)(C)C1=CC(O[Si](C)(C)C)(C(C)(C)C)[Si]1([Si](C)(C)C)[Si](C)(C)C. The Morgan fingerprint density at radius 2 is 1.12 bits per heavy atom. The number of allylic oxidation sites excluding steroid dienone is 1. The van der Waals surface area contributed by atoms with Crippen LogP contribution in [0.25, 0.3) is 0 Å². The number of rotatable bonds is 4. The van der Waals surface area contributed by atoms with Gasteiger partial charge < -0.3 is 4.43 Å². The van der Waals surface area contributed by atoms with Crippen molar-refractivity contribution in [2.75, 3.05) is 0 Å². The van der Waals surface area contributed by atoms with Crippen molar-refractivity contribution in [1.82, 2.24) is 0 Å². The molecule has 0 N–H and O–H groups in total. The van der Waals surface area contributed by atoms with Crippen LogP contribution in [0.5, 0.6) is 0 Å². The Morgan fingerprint density at radius 1 is 0.760 bits per heavy atom. The fraction of sp³-hybridized carbons (Fsp3) is 0.900. The van der Waals surface area contributed by atoms with Gasteiger partial charge in [-0.1, -0.05) is 92.1 Å². The molecule has 1 heterocycles. The summed E-state index contributed by atoms with van der Waals surface area (Å²) in [4.78, 5) is 0. The molecule has 5 heteroatoms. The highest BCUT2D eigenvalue weighted by Crippen LogP contribution is 2.63. The van der Waals surface area contributed by atoms with Crippen molar-refractivity contribution in [3.05, 3.63) is 11.3 Å². The number of hydrogen-bond donors (Lipinski definition) is 0. The molecule has 0 saturated carbocycles. The minimum absolute atomic E-state index is 0.0159. The average Bonchev–Trinajstić information content (AvgIpc) is 2.13. The summed E-state index contributed by atoms with van der Waals surface area (Å²) in [5.41, 5.74) is 0.430. The lowest BCUT2D eigenvalue weighted by Gasteiger charge is -2.73. The summed E-state index contributed by atoms with van der Waals surface area (Å²) in [6.45, 7) is 37.8. The van der Waals surface area contributed by atoms with E-state index < -0.39 is 30.6 Å². The van der Waals surface area contributed by atoms with E-state index in [1.165, 1.54) is 0 Å². The third-order valence-electron chi connectivity index (χ3n) is 5.95. The van der Waals surface area contributed by atoms with Gasteiger partial charge >= 0.3 is 0 Å². The van der Waals surface area contributed by atoms with E-state index >= 15 is 0 Å². The van der Waals surface area contributed by atoms with E-state index in [-0.39, 0.29) is 16.1 Å². The summed E-state index contributed by atoms with van der Waals surface area (Å²) in [7, 11) is -6.35. The van der Waals surface area contributed by atoms with Crippen LogP contribution in [0.3, 0.4) is 0 Å². The van der Waals surface area contributed by atoms with Gasteiger partial charge in [0.1, 0.15) is 7.11 Å². The van der Waals surface area contributed by atoms with Crippen molar-refractivity contribution in [1.29, 1.82) is 0 Å². The van der Waals surface area contributed by atoms with Gasteiger partial charge in [-0.25, -0.2) is 0 Å². The lowest BCUT2D eigenvalue weighted by molar-refractivity contribution is 0.0628. The summed E-state index contributed by atoms with van der Waals surface area (Å²) in [5.74, 6) is 0. The molecule has 1 unspecified atom stereocenters. The van der Waals surface area contributed by atoms with Crippen LogP contribution in [0.1, 0.15) is 41.5 Å². The third-order valence-corrected chi connectivity index (χ3v) is 46.2. The Kier molecular flexibility index (Phi) is 5.69. The van der Waals surface area contributed by atoms with Gasteiger partial charge in [-0.3, -0.25) is 0 Å². The van der Waals surface area contributed by atoms with E-state index in [1.54, 1.807) is 0 Å². The summed E-state index contributed by atoms with van der Waals surface area (Å²) >= 11 is 0. The predicted octanol–water partition coefficient (Wildman–Crippen LogP) is 6.97. The van der Waals surface area contributed by atoms with Gasteiger partial charge in [0.05, 0.1) is 5.22 Å². The molecule has 0 saturated heterocycles. The Bertz CT molecular complexity index is 531. The summed E-state index contributed by atoms with van der Waals surface area (Å²) < 4.78 is 7.31. The maximum absolute atomic E-state index is 7.31. The molecular formula is C20H46OSi4. The molecule has 25 heavy (non-hydrogen) atoms. The molecule has 0 bridgehead atoms. The zero-order valence-corrected chi connectivity index (χ0v) is 24.0. The van der Waals surface area contributed by atoms with Gasteiger partial charge in [0.25, 0.3) is 0 Å². The highest BCUT2D eigenvalue weighted by atomic mass is 29.6. The summed E-state index contributed by atoms with van der Waals surface area (Å²) in [6, 6.07) is 0. The maximum Gasteiger partial charge on any atom is 0.184 e. The van der Waals surface area contributed by atoms with E-state index in [0.29, 0.717) is 0 Å². The molecule has 0 radical (unpaired) electrons. The first-order chi connectivity index (χ1) is 10.5. The Morgan fingerprint density at radius 3 is 1.32 bits per heavy atom. The van der Waals surface area contributed by atoms with Gasteiger partial charge in [-0.05, 0) is 30.5 Å². The minimum atomic E-state index is -1.78. The van der Waals surface area contributed by atoms with Gasteiger partial charge in [0.2, 0.25) is 0 Å². The zero-order chi connectivity index (χ0) is 20.5. The van der Waals surface area contributed by atoms with Crippen molar-refractivity contribution in [3.8, 4) is 0 Å². The normalized spacial score (nSPS) is 25.5. The molecule has 0 aromatic rings. The first-order valence-electron chi connectivity index (χ1n) is 9.99. The monoisotopic (exact) mass is 414 g/mol. The number of hydrogen-bond acceptors (Lipinski definition) is 1. The molecule has 0 fully saturated rings. The van der Waals surface area contributed by atoms with Gasteiger partial charge in [0.15, 0.2) is 8.32 Å². The van der Waals surface area contributed by atoms with Crippen LogP contribution in [-0.2, 0) is 4.43 Å². The van der Waals surface area contributed by atoms with Crippen molar-refractivity contribution in [2.45, 2.75) is 106 Å². The van der Waals surface area contributed by atoms with Crippen LogP contribution in [0.4, 0.5) is 0 Å². The second-order valence-electron chi connectivity index (χ2n) is 13.3. The van der Waals surface area contributed by atoms with Crippen molar-refractivity contribution in [3.63, 3.8) is 0 Å². The van der Waals surface area contributed by atoms with Crippen LogP contribution in [-0.4, -0.2) is 35.8 Å². The fourth-order valence-corrected chi connectivity index (χ4v) is 62.9. The molecule has 0 amide bonds. The molecule has 0 aliphatic carbocycles. The fourth-order valence-electron chi connectivity index (χ4n) is 5.89. The van der Waals surface area contributed by atoms with Gasteiger partial charge in [-0.15, -0.1) is 0 Å². The minimum Gasteiger partial charge on any atom is -0.411 e. The standard InChI is InChI=1S/C20H46OSi4/c1-18(2,3)17-16-20(19(4,5)6,21-22(7,8)9)25(17,23(10,11)12)24(13,14)15/h16H,1-15H3. The molecule has 0 spiro atoms. The highest BCUT2D eigenvalue weighted by molar-refractivity contribution is 7.73. The smallest absolute Gasteiger partial charge is 0.184 e. The van der Waals surface area contributed by atoms with Crippen LogP contribution in [0, 0.1) is 10.8 Å². The van der Waals surface area contributed by atoms with Crippen LogP contribution < -0.4 is 0 Å². The predicted molar refractivity (Wildman–Crippen MR) is 127 cm³/mol. The van der Waals surface area contributed by atoms with E-state index in [0.717, 1.165) is 0 Å². The summed E-state index contributed by atoms with van der Waals surface area (Å²) in [5, 5.41) is 1.86.